The lowest BCUT2D eigenvalue weighted by Crippen LogP contribution is -2.37. The Morgan fingerprint density at radius 2 is 2.41 bits per heavy atom. The van der Waals surface area contributed by atoms with Crippen molar-refractivity contribution in [2.75, 3.05) is 13.7 Å². The molecule has 1 N–H and O–H groups in total. The summed E-state index contributed by atoms with van der Waals surface area (Å²) in [4.78, 5) is 4.38. The fourth-order valence-electron chi connectivity index (χ4n) is 2.10. The fraction of sp³-hybridized carbons (Fsp3) is 0.615. The number of pyridine rings is 1. The lowest BCUT2D eigenvalue weighted by atomic mass is 10.0. The zero-order valence-electron chi connectivity index (χ0n) is 10.5. The van der Waals surface area contributed by atoms with E-state index in [2.05, 4.69) is 17.2 Å². The molecule has 0 radical (unpaired) electrons. The molecule has 2 unspecified atom stereocenters. The van der Waals surface area contributed by atoms with E-state index < -0.39 is 0 Å². The van der Waals surface area contributed by atoms with Crippen molar-refractivity contribution in [3.05, 3.63) is 23.9 Å². The van der Waals surface area contributed by atoms with Crippen LogP contribution in [0.2, 0.25) is 0 Å². The van der Waals surface area contributed by atoms with Gasteiger partial charge in [0.15, 0.2) is 0 Å². The number of hydrogen-bond donors (Lipinski definition) is 1. The van der Waals surface area contributed by atoms with E-state index in [1.165, 1.54) is 0 Å². The maximum Gasteiger partial charge on any atom is 0.213 e. The minimum atomic E-state index is 0.361. The molecule has 0 amide bonds. The number of nitrogens with one attached hydrogen (secondary N) is 1. The molecule has 2 rings (SSSR count). The number of rotatable bonds is 4. The van der Waals surface area contributed by atoms with Crippen molar-refractivity contribution in [3.63, 3.8) is 0 Å². The molecule has 0 aliphatic carbocycles. The van der Waals surface area contributed by atoms with Crippen molar-refractivity contribution in [1.82, 2.24) is 10.3 Å². The Labute approximate surface area is 102 Å². The summed E-state index contributed by atoms with van der Waals surface area (Å²) in [5.41, 5.74) is 1.02. The van der Waals surface area contributed by atoms with Crippen molar-refractivity contribution in [3.8, 4) is 5.88 Å². The second-order valence-corrected chi connectivity index (χ2v) is 4.45. The van der Waals surface area contributed by atoms with Gasteiger partial charge in [0, 0.05) is 25.3 Å². The van der Waals surface area contributed by atoms with Crippen LogP contribution < -0.4 is 10.1 Å². The number of nitrogens with zero attached hydrogens (tertiary/aromatic N) is 1. The average Bonchev–Trinajstić information content (AvgIpc) is 2.37. The number of methoxy groups -OCH3 is 1. The summed E-state index contributed by atoms with van der Waals surface area (Å²) in [5.74, 6) is 0.671. The molecular formula is C13H20N2O2. The summed E-state index contributed by atoms with van der Waals surface area (Å²) < 4.78 is 10.6. The molecule has 0 saturated carbocycles. The summed E-state index contributed by atoms with van der Waals surface area (Å²) in [6.07, 6.45) is 2.51. The number of aromatic nitrogens is 1. The van der Waals surface area contributed by atoms with E-state index in [4.69, 9.17) is 9.47 Å². The molecule has 4 nitrogen and oxygen atoms in total. The molecule has 1 aliphatic rings. The molecule has 0 spiro atoms. The monoisotopic (exact) mass is 236 g/mol. The van der Waals surface area contributed by atoms with E-state index in [1.54, 1.807) is 7.11 Å². The van der Waals surface area contributed by atoms with Gasteiger partial charge in [0.2, 0.25) is 5.88 Å². The average molecular weight is 236 g/mol. The highest BCUT2D eigenvalue weighted by Gasteiger charge is 2.18. The van der Waals surface area contributed by atoms with Gasteiger partial charge in [0.25, 0.3) is 0 Å². The van der Waals surface area contributed by atoms with Gasteiger partial charge in [-0.2, -0.15) is 0 Å². The number of hydrogen-bond acceptors (Lipinski definition) is 4. The summed E-state index contributed by atoms with van der Waals surface area (Å²) in [6, 6.07) is 6.38. The quantitative estimate of drug-likeness (QED) is 0.865. The SMILES string of the molecule is COc1cccc(CNC2CCOC(C)C2)n1. The van der Waals surface area contributed by atoms with Crippen molar-refractivity contribution in [2.24, 2.45) is 0 Å². The van der Waals surface area contributed by atoms with Crippen LogP contribution in [0.3, 0.4) is 0 Å². The van der Waals surface area contributed by atoms with Gasteiger partial charge < -0.3 is 14.8 Å². The third-order valence-electron chi connectivity index (χ3n) is 3.05. The van der Waals surface area contributed by atoms with Crippen molar-refractivity contribution >= 4 is 0 Å². The first kappa shape index (κ1) is 12.3. The molecule has 94 valence electrons. The maximum atomic E-state index is 5.52. The first-order chi connectivity index (χ1) is 8.28. The molecule has 2 heterocycles. The van der Waals surface area contributed by atoms with Crippen LogP contribution >= 0.6 is 0 Å². The van der Waals surface area contributed by atoms with Crippen LogP contribution in [0.25, 0.3) is 0 Å². The Hall–Kier alpha value is -1.13. The van der Waals surface area contributed by atoms with E-state index >= 15 is 0 Å². The second kappa shape index (κ2) is 5.98. The van der Waals surface area contributed by atoms with E-state index in [9.17, 15) is 0 Å². The molecule has 1 aromatic rings. The van der Waals surface area contributed by atoms with Gasteiger partial charge in [0.05, 0.1) is 18.9 Å². The van der Waals surface area contributed by atoms with Crippen molar-refractivity contribution in [1.29, 1.82) is 0 Å². The van der Waals surface area contributed by atoms with Gasteiger partial charge >= 0.3 is 0 Å². The first-order valence-corrected chi connectivity index (χ1v) is 6.13. The molecule has 4 heteroatoms. The Kier molecular flexibility index (Phi) is 4.34. The van der Waals surface area contributed by atoms with E-state index in [0.29, 0.717) is 18.0 Å². The molecule has 0 aromatic carbocycles. The summed E-state index contributed by atoms with van der Waals surface area (Å²) in [6.45, 7) is 3.76. The molecular weight excluding hydrogens is 216 g/mol. The molecule has 17 heavy (non-hydrogen) atoms. The predicted octanol–water partition coefficient (Wildman–Crippen LogP) is 1.75. The Balaban J connectivity index is 1.84. The minimum Gasteiger partial charge on any atom is -0.481 e. The second-order valence-electron chi connectivity index (χ2n) is 4.45. The zero-order valence-corrected chi connectivity index (χ0v) is 10.5. The Morgan fingerprint density at radius 1 is 1.53 bits per heavy atom. The van der Waals surface area contributed by atoms with Crippen LogP contribution in [-0.4, -0.2) is 30.8 Å². The van der Waals surface area contributed by atoms with Gasteiger partial charge in [-0.15, -0.1) is 0 Å². The molecule has 1 saturated heterocycles. The summed E-state index contributed by atoms with van der Waals surface area (Å²) in [7, 11) is 1.64. The lowest BCUT2D eigenvalue weighted by Gasteiger charge is -2.27. The largest absolute Gasteiger partial charge is 0.481 e. The Morgan fingerprint density at radius 3 is 3.18 bits per heavy atom. The standard InChI is InChI=1S/C13H20N2O2/c1-10-8-11(6-7-17-10)14-9-12-4-3-5-13(15-12)16-2/h3-5,10-11,14H,6-9H2,1-2H3. The molecule has 0 bridgehead atoms. The van der Waals surface area contributed by atoms with Crippen LogP contribution in [-0.2, 0) is 11.3 Å². The van der Waals surface area contributed by atoms with Gasteiger partial charge in [0.1, 0.15) is 0 Å². The third-order valence-corrected chi connectivity index (χ3v) is 3.05. The van der Waals surface area contributed by atoms with Crippen molar-refractivity contribution < 1.29 is 9.47 Å². The first-order valence-electron chi connectivity index (χ1n) is 6.13. The third kappa shape index (κ3) is 3.68. The lowest BCUT2D eigenvalue weighted by molar-refractivity contribution is 0.0130. The molecule has 1 aromatic heterocycles. The minimum absolute atomic E-state index is 0.361. The van der Waals surface area contributed by atoms with Gasteiger partial charge in [-0.25, -0.2) is 4.98 Å². The van der Waals surface area contributed by atoms with Crippen LogP contribution in [0.4, 0.5) is 0 Å². The Bertz CT molecular complexity index is 357. The fourth-order valence-corrected chi connectivity index (χ4v) is 2.10. The van der Waals surface area contributed by atoms with E-state index in [0.717, 1.165) is 31.7 Å². The highest BCUT2D eigenvalue weighted by Crippen LogP contribution is 2.14. The van der Waals surface area contributed by atoms with Gasteiger partial charge in [-0.05, 0) is 25.8 Å². The van der Waals surface area contributed by atoms with Gasteiger partial charge in [-0.1, -0.05) is 6.07 Å². The summed E-state index contributed by atoms with van der Waals surface area (Å²) in [5, 5.41) is 3.52. The van der Waals surface area contributed by atoms with Crippen LogP contribution in [0.5, 0.6) is 5.88 Å². The maximum absolute atomic E-state index is 5.52. The van der Waals surface area contributed by atoms with E-state index in [1.807, 2.05) is 18.2 Å². The van der Waals surface area contributed by atoms with Gasteiger partial charge in [-0.3, -0.25) is 0 Å². The zero-order chi connectivity index (χ0) is 12.1. The highest BCUT2D eigenvalue weighted by atomic mass is 16.5. The van der Waals surface area contributed by atoms with E-state index in [-0.39, 0.29) is 0 Å². The number of ether oxygens (including phenoxy) is 2. The highest BCUT2D eigenvalue weighted by molar-refractivity contribution is 5.15. The predicted molar refractivity (Wildman–Crippen MR) is 66.1 cm³/mol. The molecule has 1 fully saturated rings. The molecule has 2 atom stereocenters. The normalized spacial score (nSPS) is 24.6. The van der Waals surface area contributed by atoms with Crippen LogP contribution in [0.15, 0.2) is 18.2 Å². The van der Waals surface area contributed by atoms with Crippen LogP contribution in [0.1, 0.15) is 25.5 Å². The molecule has 1 aliphatic heterocycles. The summed E-state index contributed by atoms with van der Waals surface area (Å²) >= 11 is 0. The topological polar surface area (TPSA) is 43.4 Å². The van der Waals surface area contributed by atoms with Crippen molar-refractivity contribution in [2.45, 2.75) is 38.5 Å². The smallest absolute Gasteiger partial charge is 0.213 e. The van der Waals surface area contributed by atoms with Crippen LogP contribution in [0, 0.1) is 0 Å².